The highest BCUT2D eigenvalue weighted by Gasteiger charge is 2.32. The van der Waals surface area contributed by atoms with Crippen LogP contribution in [-0.2, 0) is 11.8 Å². The fourth-order valence-corrected chi connectivity index (χ4v) is 2.72. The van der Waals surface area contributed by atoms with Crippen molar-refractivity contribution in [2.24, 2.45) is 7.05 Å². The van der Waals surface area contributed by atoms with Gasteiger partial charge in [-0.25, -0.2) is 4.98 Å². The highest BCUT2D eigenvalue weighted by atomic mass is 16.5. The molecule has 5 nitrogen and oxygen atoms in total. The summed E-state index contributed by atoms with van der Waals surface area (Å²) in [5, 5.41) is 13.7. The van der Waals surface area contributed by atoms with E-state index >= 15 is 0 Å². The monoisotopic (exact) mass is 275 g/mol. The third-order valence-electron chi connectivity index (χ3n) is 4.03. The molecular weight excluding hydrogens is 254 g/mol. The molecule has 1 saturated heterocycles. The van der Waals surface area contributed by atoms with Crippen LogP contribution in [0.15, 0.2) is 24.3 Å². The number of nitrogens with one attached hydrogen (secondary N) is 1. The molecule has 1 fully saturated rings. The minimum Gasteiger partial charge on any atom is -0.386 e. The predicted octanol–water partition coefficient (Wildman–Crippen LogP) is 1.38. The first-order chi connectivity index (χ1) is 9.59. The third-order valence-corrected chi connectivity index (χ3v) is 4.03. The van der Waals surface area contributed by atoms with Crippen molar-refractivity contribution in [3.8, 4) is 0 Å². The molecule has 2 aromatic rings. The van der Waals surface area contributed by atoms with Crippen LogP contribution < -0.4 is 5.32 Å². The standard InChI is InChI=1S/C15H21N3O2/c1-11(16-9-15(19)7-8-20-10-15)14-17-12-5-3-4-6-13(12)18(14)2/h3-6,11,16,19H,7-10H2,1-2H3. The normalized spacial score (nSPS) is 24.4. The molecule has 0 radical (unpaired) electrons. The molecule has 20 heavy (non-hydrogen) atoms. The van der Waals surface area contributed by atoms with E-state index in [1.807, 2.05) is 25.2 Å². The van der Waals surface area contributed by atoms with Gasteiger partial charge >= 0.3 is 0 Å². The zero-order chi connectivity index (χ0) is 14.2. The second kappa shape index (κ2) is 5.16. The van der Waals surface area contributed by atoms with E-state index in [0.717, 1.165) is 16.9 Å². The van der Waals surface area contributed by atoms with Gasteiger partial charge in [-0.2, -0.15) is 0 Å². The molecule has 2 atom stereocenters. The van der Waals surface area contributed by atoms with Crippen LogP contribution in [0.4, 0.5) is 0 Å². The van der Waals surface area contributed by atoms with Gasteiger partial charge in [-0.05, 0) is 19.1 Å². The van der Waals surface area contributed by atoms with E-state index in [1.54, 1.807) is 0 Å². The molecule has 2 heterocycles. The molecule has 5 heteroatoms. The first kappa shape index (κ1) is 13.5. The third kappa shape index (κ3) is 2.44. The zero-order valence-electron chi connectivity index (χ0n) is 12.0. The summed E-state index contributed by atoms with van der Waals surface area (Å²) in [5.41, 5.74) is 1.39. The van der Waals surface area contributed by atoms with Crippen molar-refractivity contribution in [3.63, 3.8) is 0 Å². The molecule has 2 N–H and O–H groups in total. The maximum Gasteiger partial charge on any atom is 0.126 e. The van der Waals surface area contributed by atoms with Crippen molar-refractivity contribution in [1.29, 1.82) is 0 Å². The lowest BCUT2D eigenvalue weighted by atomic mass is 10.0. The van der Waals surface area contributed by atoms with Gasteiger partial charge in [0.05, 0.1) is 23.7 Å². The van der Waals surface area contributed by atoms with Gasteiger partial charge in [0.1, 0.15) is 11.4 Å². The van der Waals surface area contributed by atoms with Crippen molar-refractivity contribution >= 4 is 11.0 Å². The lowest BCUT2D eigenvalue weighted by Crippen LogP contribution is -2.42. The van der Waals surface area contributed by atoms with E-state index in [0.29, 0.717) is 26.2 Å². The van der Waals surface area contributed by atoms with E-state index in [2.05, 4.69) is 27.9 Å². The van der Waals surface area contributed by atoms with Crippen molar-refractivity contribution in [2.45, 2.75) is 25.0 Å². The van der Waals surface area contributed by atoms with Crippen molar-refractivity contribution in [2.75, 3.05) is 19.8 Å². The first-order valence-electron chi connectivity index (χ1n) is 7.04. The van der Waals surface area contributed by atoms with Crippen LogP contribution in [0.5, 0.6) is 0 Å². The topological polar surface area (TPSA) is 59.3 Å². The maximum absolute atomic E-state index is 10.3. The fraction of sp³-hybridized carbons (Fsp3) is 0.533. The molecule has 1 aliphatic heterocycles. The van der Waals surface area contributed by atoms with Gasteiger partial charge in [-0.3, -0.25) is 0 Å². The molecule has 3 rings (SSSR count). The zero-order valence-corrected chi connectivity index (χ0v) is 12.0. The number of nitrogens with zero attached hydrogens (tertiary/aromatic N) is 2. The molecule has 1 aromatic carbocycles. The lowest BCUT2D eigenvalue weighted by Gasteiger charge is -2.23. The molecule has 0 saturated carbocycles. The smallest absolute Gasteiger partial charge is 0.126 e. The minimum absolute atomic E-state index is 0.0806. The molecule has 2 unspecified atom stereocenters. The Morgan fingerprint density at radius 2 is 2.30 bits per heavy atom. The molecule has 108 valence electrons. The van der Waals surface area contributed by atoms with Crippen LogP contribution in [0.2, 0.25) is 0 Å². The van der Waals surface area contributed by atoms with Gasteiger partial charge in [0, 0.05) is 26.6 Å². The summed E-state index contributed by atoms with van der Waals surface area (Å²) >= 11 is 0. The van der Waals surface area contributed by atoms with E-state index in [9.17, 15) is 5.11 Å². The van der Waals surface area contributed by atoms with Gasteiger partial charge in [0.2, 0.25) is 0 Å². The Morgan fingerprint density at radius 3 is 3.00 bits per heavy atom. The van der Waals surface area contributed by atoms with Crippen LogP contribution >= 0.6 is 0 Å². The lowest BCUT2D eigenvalue weighted by molar-refractivity contribution is 0.0249. The highest BCUT2D eigenvalue weighted by Crippen LogP contribution is 2.21. The van der Waals surface area contributed by atoms with Crippen LogP contribution in [0.1, 0.15) is 25.2 Å². The Hall–Kier alpha value is -1.43. The number of ether oxygens (including phenoxy) is 1. The number of aromatic nitrogens is 2. The molecular formula is C15H21N3O2. The van der Waals surface area contributed by atoms with Crippen molar-refractivity contribution < 1.29 is 9.84 Å². The summed E-state index contributed by atoms with van der Waals surface area (Å²) in [5.74, 6) is 0.980. The summed E-state index contributed by atoms with van der Waals surface area (Å²) in [6.07, 6.45) is 0.690. The van der Waals surface area contributed by atoms with Crippen molar-refractivity contribution in [1.82, 2.24) is 14.9 Å². The van der Waals surface area contributed by atoms with Gasteiger partial charge in [-0.15, -0.1) is 0 Å². The Labute approximate surface area is 118 Å². The number of fused-ring (bicyclic) bond motifs is 1. The minimum atomic E-state index is -0.737. The van der Waals surface area contributed by atoms with Gasteiger partial charge in [0.15, 0.2) is 0 Å². The van der Waals surface area contributed by atoms with Gasteiger partial charge in [-0.1, -0.05) is 12.1 Å². The van der Waals surface area contributed by atoms with Crippen LogP contribution in [0.25, 0.3) is 11.0 Å². The van der Waals surface area contributed by atoms with E-state index in [4.69, 9.17) is 4.74 Å². The summed E-state index contributed by atoms with van der Waals surface area (Å²) in [6.45, 7) is 3.64. The molecule has 0 aliphatic carbocycles. The SMILES string of the molecule is CC(NCC1(O)CCOC1)c1nc2ccccc2n1C. The van der Waals surface area contributed by atoms with Crippen molar-refractivity contribution in [3.05, 3.63) is 30.1 Å². The number of imidazole rings is 1. The Morgan fingerprint density at radius 1 is 1.50 bits per heavy atom. The predicted molar refractivity (Wildman–Crippen MR) is 77.5 cm³/mol. The number of aliphatic hydroxyl groups is 1. The maximum atomic E-state index is 10.3. The number of hydrogen-bond donors (Lipinski definition) is 2. The van der Waals surface area contributed by atoms with Crippen LogP contribution in [-0.4, -0.2) is 40.0 Å². The first-order valence-corrected chi connectivity index (χ1v) is 7.04. The quantitative estimate of drug-likeness (QED) is 0.885. The molecule has 1 aliphatic rings. The summed E-state index contributed by atoms with van der Waals surface area (Å²) in [7, 11) is 2.02. The summed E-state index contributed by atoms with van der Waals surface area (Å²) in [6, 6.07) is 8.18. The van der Waals surface area contributed by atoms with Crippen LogP contribution in [0, 0.1) is 0 Å². The summed E-state index contributed by atoms with van der Waals surface area (Å²) < 4.78 is 7.36. The molecule has 0 spiro atoms. The Balaban J connectivity index is 1.75. The molecule has 0 amide bonds. The number of para-hydroxylation sites is 2. The van der Waals surface area contributed by atoms with Gasteiger partial charge < -0.3 is 19.7 Å². The van der Waals surface area contributed by atoms with Crippen LogP contribution in [0.3, 0.4) is 0 Å². The number of aryl methyl sites for hydroxylation is 1. The Kier molecular flexibility index (Phi) is 3.50. The summed E-state index contributed by atoms with van der Waals surface area (Å²) in [4.78, 5) is 4.67. The largest absolute Gasteiger partial charge is 0.386 e. The molecule has 1 aromatic heterocycles. The fourth-order valence-electron chi connectivity index (χ4n) is 2.72. The highest BCUT2D eigenvalue weighted by molar-refractivity contribution is 5.75. The average molecular weight is 275 g/mol. The Bertz CT molecular complexity index is 602. The number of rotatable bonds is 4. The van der Waals surface area contributed by atoms with E-state index in [1.165, 1.54) is 0 Å². The van der Waals surface area contributed by atoms with Gasteiger partial charge in [0.25, 0.3) is 0 Å². The average Bonchev–Trinajstić information content (AvgIpc) is 3.02. The second-order valence-electron chi connectivity index (χ2n) is 5.65. The van der Waals surface area contributed by atoms with E-state index < -0.39 is 5.60 Å². The molecule has 0 bridgehead atoms. The number of hydrogen-bond acceptors (Lipinski definition) is 4. The second-order valence-corrected chi connectivity index (χ2v) is 5.65. The van der Waals surface area contributed by atoms with E-state index in [-0.39, 0.29) is 6.04 Å². The number of benzene rings is 1.